The number of para-hydroxylation sites is 1. The van der Waals surface area contributed by atoms with Gasteiger partial charge in [-0.15, -0.1) is 0 Å². The Bertz CT molecular complexity index is 811. The van der Waals surface area contributed by atoms with Gasteiger partial charge in [0.2, 0.25) is 5.91 Å². The molecule has 0 atom stereocenters. The van der Waals surface area contributed by atoms with E-state index < -0.39 is 0 Å². The van der Waals surface area contributed by atoms with Crippen LogP contribution >= 0.6 is 11.6 Å². The molecule has 21 heavy (non-hydrogen) atoms. The number of amides is 1. The lowest BCUT2D eigenvalue weighted by Gasteiger charge is -2.08. The Hall–Kier alpha value is -2.33. The number of nitrogens with one attached hydrogen (secondary N) is 1. The van der Waals surface area contributed by atoms with Crippen molar-refractivity contribution >= 4 is 34.2 Å². The molecule has 3 rings (SSSR count). The van der Waals surface area contributed by atoms with Crippen molar-refractivity contribution in [3.05, 3.63) is 58.7 Å². The SMILES string of the molecule is Cc1c(Cl)cccc1NC(=O)Cc1noc2ccccc12. The van der Waals surface area contributed by atoms with Crippen LogP contribution in [-0.4, -0.2) is 11.1 Å². The third-order valence-electron chi connectivity index (χ3n) is 3.32. The smallest absolute Gasteiger partial charge is 0.230 e. The van der Waals surface area contributed by atoms with Crippen LogP contribution < -0.4 is 5.32 Å². The lowest BCUT2D eigenvalue weighted by atomic mass is 10.1. The molecule has 4 nitrogen and oxygen atoms in total. The molecular weight excluding hydrogens is 288 g/mol. The van der Waals surface area contributed by atoms with Crippen molar-refractivity contribution in [3.8, 4) is 0 Å². The van der Waals surface area contributed by atoms with Gasteiger partial charge in [-0.05, 0) is 36.8 Å². The number of benzene rings is 2. The molecule has 0 fully saturated rings. The van der Waals surface area contributed by atoms with Gasteiger partial charge in [0, 0.05) is 16.1 Å². The van der Waals surface area contributed by atoms with Crippen molar-refractivity contribution in [3.63, 3.8) is 0 Å². The lowest BCUT2D eigenvalue weighted by Crippen LogP contribution is -2.15. The third kappa shape index (κ3) is 2.76. The van der Waals surface area contributed by atoms with Gasteiger partial charge in [-0.3, -0.25) is 4.79 Å². The number of carbonyl (C=O) groups is 1. The van der Waals surface area contributed by atoms with E-state index in [9.17, 15) is 4.79 Å². The van der Waals surface area contributed by atoms with E-state index in [2.05, 4.69) is 10.5 Å². The third-order valence-corrected chi connectivity index (χ3v) is 3.73. The molecule has 0 aliphatic carbocycles. The van der Waals surface area contributed by atoms with Crippen LogP contribution in [0.4, 0.5) is 5.69 Å². The van der Waals surface area contributed by atoms with Gasteiger partial charge in [0.15, 0.2) is 5.58 Å². The second-order valence-corrected chi connectivity index (χ2v) is 5.17. The average Bonchev–Trinajstić information content (AvgIpc) is 2.87. The van der Waals surface area contributed by atoms with E-state index in [0.717, 1.165) is 10.9 Å². The van der Waals surface area contributed by atoms with Gasteiger partial charge in [-0.25, -0.2) is 0 Å². The zero-order valence-electron chi connectivity index (χ0n) is 11.4. The highest BCUT2D eigenvalue weighted by molar-refractivity contribution is 6.31. The second-order valence-electron chi connectivity index (χ2n) is 4.76. The molecule has 106 valence electrons. The van der Waals surface area contributed by atoms with Gasteiger partial charge < -0.3 is 9.84 Å². The molecule has 3 aromatic rings. The molecule has 0 saturated carbocycles. The number of aromatic nitrogens is 1. The minimum Gasteiger partial charge on any atom is -0.356 e. The minimum absolute atomic E-state index is 0.153. The first-order valence-electron chi connectivity index (χ1n) is 6.53. The molecule has 1 N–H and O–H groups in total. The fourth-order valence-electron chi connectivity index (χ4n) is 2.15. The summed E-state index contributed by atoms with van der Waals surface area (Å²) < 4.78 is 5.19. The lowest BCUT2D eigenvalue weighted by molar-refractivity contribution is -0.115. The van der Waals surface area contributed by atoms with Crippen LogP contribution in [0.1, 0.15) is 11.3 Å². The zero-order chi connectivity index (χ0) is 14.8. The summed E-state index contributed by atoms with van der Waals surface area (Å²) in [5.41, 5.74) is 2.86. The number of hydrogen-bond acceptors (Lipinski definition) is 3. The summed E-state index contributed by atoms with van der Waals surface area (Å²) in [5.74, 6) is -0.153. The molecule has 0 saturated heterocycles. The quantitative estimate of drug-likeness (QED) is 0.796. The zero-order valence-corrected chi connectivity index (χ0v) is 12.1. The highest BCUT2D eigenvalue weighted by Crippen LogP contribution is 2.23. The molecular formula is C16H13ClN2O2. The highest BCUT2D eigenvalue weighted by Gasteiger charge is 2.13. The van der Waals surface area contributed by atoms with Gasteiger partial charge >= 0.3 is 0 Å². The van der Waals surface area contributed by atoms with Crippen molar-refractivity contribution in [2.45, 2.75) is 13.3 Å². The van der Waals surface area contributed by atoms with Gasteiger partial charge in [0.1, 0.15) is 5.69 Å². The Balaban J connectivity index is 1.79. The van der Waals surface area contributed by atoms with Crippen LogP contribution in [-0.2, 0) is 11.2 Å². The van der Waals surface area contributed by atoms with Gasteiger partial charge in [0.25, 0.3) is 0 Å². The first kappa shape index (κ1) is 13.6. The van der Waals surface area contributed by atoms with E-state index in [4.69, 9.17) is 16.1 Å². The van der Waals surface area contributed by atoms with E-state index >= 15 is 0 Å². The molecule has 1 heterocycles. The summed E-state index contributed by atoms with van der Waals surface area (Å²) in [6, 6.07) is 12.9. The Morgan fingerprint density at radius 2 is 2.05 bits per heavy atom. The largest absolute Gasteiger partial charge is 0.356 e. The predicted octanol–water partition coefficient (Wildman–Crippen LogP) is 3.97. The summed E-state index contributed by atoms with van der Waals surface area (Å²) >= 11 is 6.04. The predicted molar refractivity (Wildman–Crippen MR) is 82.5 cm³/mol. The number of rotatable bonds is 3. The van der Waals surface area contributed by atoms with Crippen LogP contribution in [0, 0.1) is 6.92 Å². The number of carbonyl (C=O) groups excluding carboxylic acids is 1. The van der Waals surface area contributed by atoms with Crippen molar-refractivity contribution < 1.29 is 9.32 Å². The fraction of sp³-hybridized carbons (Fsp3) is 0.125. The van der Waals surface area contributed by atoms with Crippen molar-refractivity contribution in [1.29, 1.82) is 0 Å². The molecule has 1 aromatic heterocycles. The van der Waals surface area contributed by atoms with Crippen LogP contribution in [0.15, 0.2) is 47.0 Å². The molecule has 0 radical (unpaired) electrons. The highest BCUT2D eigenvalue weighted by atomic mass is 35.5. The molecule has 0 unspecified atom stereocenters. The maximum absolute atomic E-state index is 12.2. The molecule has 0 aliphatic rings. The molecule has 0 spiro atoms. The summed E-state index contributed by atoms with van der Waals surface area (Å²) in [7, 11) is 0. The molecule has 5 heteroatoms. The summed E-state index contributed by atoms with van der Waals surface area (Å²) in [5, 5.41) is 8.29. The monoisotopic (exact) mass is 300 g/mol. The van der Waals surface area contributed by atoms with Gasteiger partial charge in [-0.2, -0.15) is 0 Å². The number of hydrogen-bond donors (Lipinski definition) is 1. The van der Waals surface area contributed by atoms with E-state index in [-0.39, 0.29) is 12.3 Å². The molecule has 0 aliphatic heterocycles. The standard InChI is InChI=1S/C16H13ClN2O2/c1-10-12(17)6-4-7-13(10)18-16(20)9-14-11-5-2-3-8-15(11)21-19-14/h2-8H,9H2,1H3,(H,18,20). The fourth-order valence-corrected chi connectivity index (χ4v) is 2.33. The summed E-state index contributed by atoms with van der Waals surface area (Å²) in [4.78, 5) is 12.2. The van der Waals surface area contributed by atoms with Crippen molar-refractivity contribution in [1.82, 2.24) is 5.16 Å². The Morgan fingerprint density at radius 3 is 2.90 bits per heavy atom. The second kappa shape index (κ2) is 5.58. The van der Waals surface area contributed by atoms with E-state index in [0.29, 0.717) is 22.0 Å². The molecule has 1 amide bonds. The van der Waals surface area contributed by atoms with E-state index in [1.165, 1.54) is 0 Å². The Labute approximate surface area is 126 Å². The molecule has 0 bridgehead atoms. The van der Waals surface area contributed by atoms with Crippen LogP contribution in [0.25, 0.3) is 11.0 Å². The Kier molecular flexibility index (Phi) is 3.62. The minimum atomic E-state index is -0.153. The number of halogens is 1. The van der Waals surface area contributed by atoms with Crippen molar-refractivity contribution in [2.75, 3.05) is 5.32 Å². The van der Waals surface area contributed by atoms with Crippen LogP contribution in [0.3, 0.4) is 0 Å². The summed E-state index contributed by atoms with van der Waals surface area (Å²) in [6.07, 6.45) is 0.156. The first-order valence-corrected chi connectivity index (χ1v) is 6.91. The van der Waals surface area contributed by atoms with Crippen LogP contribution in [0.5, 0.6) is 0 Å². The normalized spacial score (nSPS) is 10.8. The molecule has 2 aromatic carbocycles. The van der Waals surface area contributed by atoms with Crippen molar-refractivity contribution in [2.24, 2.45) is 0 Å². The number of nitrogens with zero attached hydrogens (tertiary/aromatic N) is 1. The number of fused-ring (bicyclic) bond motifs is 1. The Morgan fingerprint density at radius 1 is 1.24 bits per heavy atom. The van der Waals surface area contributed by atoms with Gasteiger partial charge in [0.05, 0.1) is 6.42 Å². The summed E-state index contributed by atoms with van der Waals surface area (Å²) in [6.45, 7) is 1.86. The first-order chi connectivity index (χ1) is 10.1. The topological polar surface area (TPSA) is 55.1 Å². The van der Waals surface area contributed by atoms with Crippen LogP contribution in [0.2, 0.25) is 5.02 Å². The van der Waals surface area contributed by atoms with E-state index in [1.807, 2.05) is 37.3 Å². The van der Waals surface area contributed by atoms with Gasteiger partial charge in [-0.1, -0.05) is 35.0 Å². The maximum Gasteiger partial charge on any atom is 0.230 e. The average molecular weight is 301 g/mol. The number of anilines is 1. The maximum atomic E-state index is 12.2. The van der Waals surface area contributed by atoms with E-state index in [1.54, 1.807) is 12.1 Å².